The molecule has 1 fully saturated rings. The Morgan fingerprint density at radius 2 is 1.60 bits per heavy atom. The van der Waals surface area contributed by atoms with E-state index < -0.39 is 66.5 Å². The summed E-state index contributed by atoms with van der Waals surface area (Å²) in [6.07, 6.45) is 23.4. The van der Waals surface area contributed by atoms with Crippen LogP contribution >= 0.6 is 0 Å². The number of aromatic hydroxyl groups is 1. The van der Waals surface area contributed by atoms with Gasteiger partial charge >= 0.3 is 12.1 Å². The number of nitrogen functional groups attached to an aromatic ring is 1. The first kappa shape index (κ1) is 76.6. The summed E-state index contributed by atoms with van der Waals surface area (Å²) in [5.41, 5.74) is 16.7. The number of benzene rings is 2. The Hall–Kier alpha value is -9.74. The topological polar surface area (TPSA) is 418 Å². The molecule has 0 radical (unpaired) electrons. The van der Waals surface area contributed by atoms with Gasteiger partial charge in [-0.1, -0.05) is 84.9 Å². The number of aliphatic carboxylic acids is 1. The van der Waals surface area contributed by atoms with Crippen LogP contribution in [0.25, 0.3) is 16.9 Å². The van der Waals surface area contributed by atoms with Gasteiger partial charge in [-0.2, -0.15) is 9.97 Å². The van der Waals surface area contributed by atoms with E-state index >= 15 is 0 Å². The maximum absolute atomic E-state index is 13.6. The van der Waals surface area contributed by atoms with Crippen LogP contribution < -0.4 is 43.4 Å². The number of aliphatic hydroxyl groups is 2. The number of carboxylic acids is 1. The second-order valence-electron chi connectivity index (χ2n) is 25.0. The van der Waals surface area contributed by atoms with E-state index in [2.05, 4.69) is 75.1 Å². The highest BCUT2D eigenvalue weighted by Gasteiger charge is 2.37. The van der Waals surface area contributed by atoms with E-state index in [0.717, 1.165) is 17.6 Å². The van der Waals surface area contributed by atoms with Crippen LogP contribution in [0.3, 0.4) is 0 Å². The van der Waals surface area contributed by atoms with Crippen molar-refractivity contribution in [1.29, 1.82) is 0 Å². The van der Waals surface area contributed by atoms with Crippen LogP contribution in [-0.4, -0.2) is 166 Å². The van der Waals surface area contributed by atoms with Crippen LogP contribution in [0.4, 0.5) is 16.4 Å². The number of nitrogens with one attached hydrogen (secondary N) is 6. The number of alkyl carbamates (subject to hydrolysis) is 1. The number of rotatable bonds is 36. The zero-order valence-electron chi connectivity index (χ0n) is 57.0. The van der Waals surface area contributed by atoms with E-state index in [1.807, 2.05) is 76.3 Å². The smallest absolute Gasteiger partial charge is 0.407 e. The number of ether oxygens (including phenoxy) is 3. The van der Waals surface area contributed by atoms with Crippen molar-refractivity contribution in [3.05, 3.63) is 155 Å². The molecular formula is C71H95N15O13. The highest BCUT2D eigenvalue weighted by Crippen LogP contribution is 2.29. The molecule has 5 heterocycles. The minimum absolute atomic E-state index is 0.0149. The number of anilines is 2. The Morgan fingerprint density at radius 3 is 2.33 bits per heavy atom. The zero-order chi connectivity index (χ0) is 71.4. The van der Waals surface area contributed by atoms with Gasteiger partial charge in [0.05, 0.1) is 73.1 Å². The molecule has 0 saturated carbocycles. The molecule has 0 aliphatic carbocycles. The van der Waals surface area contributed by atoms with Gasteiger partial charge in [0.15, 0.2) is 17.5 Å². The molecule has 532 valence electrons. The number of aliphatic hydroxyl groups excluding tert-OH is 2. The summed E-state index contributed by atoms with van der Waals surface area (Å²) < 4.78 is 19.1. The molecule has 1 unspecified atom stereocenters. The Balaban J connectivity index is 0.848. The Labute approximate surface area is 576 Å². The van der Waals surface area contributed by atoms with Gasteiger partial charge in [0.25, 0.3) is 11.8 Å². The van der Waals surface area contributed by atoms with Gasteiger partial charge in [-0.05, 0) is 153 Å². The Kier molecular flexibility index (Phi) is 30.2. The van der Waals surface area contributed by atoms with Crippen molar-refractivity contribution in [3.63, 3.8) is 0 Å². The number of nitrogens with zero attached hydrogens (tertiary/aromatic N) is 7. The highest BCUT2D eigenvalue weighted by molar-refractivity contribution is 5.95. The van der Waals surface area contributed by atoms with E-state index in [0.29, 0.717) is 79.0 Å². The fourth-order valence-electron chi connectivity index (χ4n) is 11.2. The molecule has 99 heavy (non-hydrogen) atoms. The molecule has 2 aliphatic rings. The number of unbranched alkanes of at least 4 members (excludes halogenated alkanes) is 2. The number of aromatic nitrogens is 7. The first-order valence-electron chi connectivity index (χ1n) is 33.6. The number of carbonyl (C=O) groups excluding carboxylic acids is 5. The quantitative estimate of drug-likeness (QED) is 0.0113. The van der Waals surface area contributed by atoms with Crippen molar-refractivity contribution in [2.24, 2.45) is 17.6 Å². The number of carboxylic acid groups (broad SMARTS) is 1. The van der Waals surface area contributed by atoms with E-state index in [9.17, 15) is 49.2 Å². The lowest BCUT2D eigenvalue weighted by molar-refractivity contribution is -0.142. The van der Waals surface area contributed by atoms with E-state index in [4.69, 9.17) is 25.7 Å². The molecule has 2 aliphatic heterocycles. The first-order valence-corrected chi connectivity index (χ1v) is 33.6. The van der Waals surface area contributed by atoms with Gasteiger partial charge in [0.2, 0.25) is 23.6 Å². The van der Waals surface area contributed by atoms with Crippen molar-refractivity contribution in [2.45, 2.75) is 180 Å². The third-order valence-electron chi connectivity index (χ3n) is 16.6. The van der Waals surface area contributed by atoms with Gasteiger partial charge in [-0.25, -0.2) is 24.2 Å². The van der Waals surface area contributed by atoms with E-state index in [-0.39, 0.29) is 111 Å². The van der Waals surface area contributed by atoms with Crippen LogP contribution in [0.5, 0.6) is 5.88 Å². The van der Waals surface area contributed by atoms with Gasteiger partial charge in [-0.3, -0.25) is 19.2 Å². The van der Waals surface area contributed by atoms with Crippen molar-refractivity contribution >= 4 is 58.5 Å². The van der Waals surface area contributed by atoms with E-state index in [1.54, 1.807) is 67.7 Å². The number of fused-ring (bicyclic) bond motifs is 1. The van der Waals surface area contributed by atoms with Crippen LogP contribution in [-0.2, 0) is 41.6 Å². The summed E-state index contributed by atoms with van der Waals surface area (Å²) in [6.45, 7) is 12.6. The number of amides is 5. The molecule has 5 aromatic rings. The number of nitrogens with two attached hydrogens (primary N) is 2. The molecule has 28 nitrogen and oxygen atoms in total. The molecule has 28 heteroatoms. The molecule has 3 aromatic heterocycles. The number of hydrogen-bond acceptors (Lipinski definition) is 21. The van der Waals surface area contributed by atoms with Gasteiger partial charge in [0.1, 0.15) is 12.1 Å². The minimum atomic E-state index is -1.22. The third-order valence-corrected chi connectivity index (χ3v) is 16.6. The van der Waals surface area contributed by atoms with Crippen LogP contribution in [0.1, 0.15) is 144 Å². The largest absolute Gasteiger partial charge is 0.492 e. The van der Waals surface area contributed by atoms with Crippen molar-refractivity contribution < 1.29 is 63.4 Å². The van der Waals surface area contributed by atoms with Crippen LogP contribution in [0, 0.1) is 11.8 Å². The third kappa shape index (κ3) is 25.3. The second-order valence-corrected chi connectivity index (χ2v) is 25.0. The van der Waals surface area contributed by atoms with Crippen molar-refractivity contribution in [1.82, 2.24) is 61.5 Å². The Bertz CT molecular complexity index is 3690. The SMILES string of the molecule is C/C=C/[C@@H]1O[C@H]([C@@H](/C=C/C=C(\C)C[C@@H](C)/C=C(C)\C=C\[C@H]2CC=CC(O)O2)NC(=O)OCCc2cn(-c3ccc(C(=O)NCCCC[C@H](NC(=O)CC[C@@H](C)NC(=O)c4ccc(NCc5cnc6nc(N)nc(O)c6n5)cc4)C(=O)N[C@H](CCCCN)C(=O)O)cc3)nn2)C[C@@H](O)[C@@H]1C. The van der Waals surface area contributed by atoms with E-state index in [1.165, 1.54) is 10.9 Å². The molecular weight excluding hydrogens is 1270 g/mol. The summed E-state index contributed by atoms with van der Waals surface area (Å²) in [5.74, 6) is -3.52. The first-order chi connectivity index (χ1) is 47.5. The summed E-state index contributed by atoms with van der Waals surface area (Å²) >= 11 is 0. The minimum Gasteiger partial charge on any atom is -0.492 e. The average Bonchev–Trinajstić information content (AvgIpc) is 1.80. The van der Waals surface area contributed by atoms with Gasteiger partial charge in [0, 0.05) is 54.6 Å². The molecule has 2 aromatic carbocycles. The maximum atomic E-state index is 13.6. The van der Waals surface area contributed by atoms with Crippen molar-refractivity contribution in [3.8, 4) is 11.6 Å². The van der Waals surface area contributed by atoms with Crippen LogP contribution in [0.2, 0.25) is 0 Å². The molecule has 7 rings (SSSR count). The normalized spacial score (nSPS) is 19.7. The molecule has 1 saturated heterocycles. The molecule has 5 amide bonds. The fourth-order valence-corrected chi connectivity index (χ4v) is 11.2. The monoisotopic (exact) mass is 1370 g/mol. The summed E-state index contributed by atoms with van der Waals surface area (Å²) in [4.78, 5) is 95.3. The summed E-state index contributed by atoms with van der Waals surface area (Å²) in [6, 6.07) is 9.99. The fraction of sp³-hybridized carbons (Fsp3) is 0.465. The molecule has 11 atom stereocenters. The second kappa shape index (κ2) is 39.0. The standard InChI is InChI=1S/C71H95N15O13/c1-7-14-59-47(6)58(87)39-60(99-59)55(19-12-15-43(2)37-45(4)38-44(3)21-31-54-16-13-20-62(89)98-54)81-71(96)97-36-33-51-42-86(85-84-51)53-29-25-48(26-30-53)65(90)74-35-11-9-17-56(67(92)80-57(69(94)95)18-8-10-34-72)79-61(88)32-22-46(5)77-66(91)49-23-27-50(28-24-49)75-40-52-41-76-64-63(78-52)68(93)83-70(73)82-64/h7,12-15,19-21,23-31,38,41-42,45-47,54-60,62,75,87,89H,8-11,16-18,22,32-37,39-40,72H2,1-6H3,(H,74,90)(H,77,91)(H,79,88)(H,80,92)(H,81,96)(H,94,95)(H3,73,76,82,83,93)/b14-7+,19-12+,31-21+,43-15+,44-38-/t45-,46-,47+,54-,55-,56+,57-,58-,59+,60+,62?/m1/s1. The van der Waals surface area contributed by atoms with Gasteiger partial charge in [-0.15, -0.1) is 5.10 Å². The average molecular weight is 1370 g/mol. The summed E-state index contributed by atoms with van der Waals surface area (Å²) in [5, 5.41) is 66.6. The maximum Gasteiger partial charge on any atom is 0.407 e. The summed E-state index contributed by atoms with van der Waals surface area (Å²) in [7, 11) is 0. The predicted molar refractivity (Wildman–Crippen MR) is 373 cm³/mol. The lowest BCUT2D eigenvalue weighted by atomic mass is 9.87. The highest BCUT2D eigenvalue weighted by atomic mass is 16.6. The molecule has 0 spiro atoms. The lowest BCUT2D eigenvalue weighted by Gasteiger charge is -2.39. The predicted octanol–water partition coefficient (Wildman–Crippen LogP) is 6.65. The van der Waals surface area contributed by atoms with Crippen molar-refractivity contribution in [2.75, 3.05) is 30.7 Å². The molecule has 0 bridgehead atoms. The number of hydrogen-bond donors (Lipinski definition) is 12. The number of carbonyl (C=O) groups is 6. The zero-order valence-corrected chi connectivity index (χ0v) is 57.0. The molecule has 14 N–H and O–H groups in total. The number of allylic oxidation sites excluding steroid dienone is 7. The lowest BCUT2D eigenvalue weighted by Crippen LogP contribution is -2.51. The van der Waals surface area contributed by atoms with Crippen LogP contribution in [0.15, 0.2) is 133 Å². The van der Waals surface area contributed by atoms with Gasteiger partial charge < -0.3 is 78.0 Å². The Morgan fingerprint density at radius 1 is 0.859 bits per heavy atom.